The molecule has 0 N–H and O–H groups in total. The molecule has 0 saturated carbocycles. The molecule has 60 valence electrons. The van der Waals surface area contributed by atoms with Crippen LogP contribution in [0.15, 0.2) is 33.6 Å². The lowest BCUT2D eigenvalue weighted by molar-refractivity contribution is 1.10. The van der Waals surface area contributed by atoms with Crippen molar-refractivity contribution in [3.63, 3.8) is 0 Å². The Kier molecular flexibility index (Phi) is 4.02. The first-order valence-corrected chi connectivity index (χ1v) is 5.49. The van der Waals surface area contributed by atoms with Crippen molar-refractivity contribution in [3.05, 3.63) is 28.7 Å². The lowest BCUT2D eigenvalue weighted by atomic mass is 10.4. The molecule has 0 unspecified atom stereocenters. The van der Waals surface area contributed by atoms with Crippen molar-refractivity contribution < 1.29 is 0 Å². The van der Waals surface area contributed by atoms with Crippen molar-refractivity contribution in [1.29, 1.82) is 0 Å². The van der Waals surface area contributed by atoms with Gasteiger partial charge in [0, 0.05) is 9.37 Å². The van der Waals surface area contributed by atoms with E-state index in [1.165, 1.54) is 17.1 Å². The zero-order chi connectivity index (χ0) is 8.10. The van der Waals surface area contributed by atoms with Gasteiger partial charge in [0.25, 0.3) is 0 Å². The maximum absolute atomic E-state index is 3.40. The summed E-state index contributed by atoms with van der Waals surface area (Å²) in [6.07, 6.45) is 1.24. The normalized spacial score (nSPS) is 10.0. The van der Waals surface area contributed by atoms with Crippen molar-refractivity contribution in [3.8, 4) is 0 Å². The lowest BCUT2D eigenvalue weighted by Gasteiger charge is -1.98. The third-order valence-corrected chi connectivity index (χ3v) is 3.03. The highest BCUT2D eigenvalue weighted by Crippen LogP contribution is 2.20. The second kappa shape index (κ2) is 4.83. The molecule has 0 radical (unpaired) electrons. The SMILES string of the molecule is CCCSc1ccc(Br)cc1. The second-order valence-corrected chi connectivity index (χ2v) is 4.39. The van der Waals surface area contributed by atoms with Gasteiger partial charge in [0.05, 0.1) is 0 Å². The van der Waals surface area contributed by atoms with Crippen molar-refractivity contribution in [2.75, 3.05) is 5.75 Å². The molecule has 0 heterocycles. The van der Waals surface area contributed by atoms with Gasteiger partial charge in [0.2, 0.25) is 0 Å². The predicted octanol–water partition coefficient (Wildman–Crippen LogP) is 3.95. The zero-order valence-electron chi connectivity index (χ0n) is 6.51. The molecule has 0 aliphatic rings. The summed E-state index contributed by atoms with van der Waals surface area (Å²) in [6.45, 7) is 2.20. The van der Waals surface area contributed by atoms with Gasteiger partial charge in [0.1, 0.15) is 0 Å². The Bertz CT molecular complexity index is 205. The molecule has 1 aromatic carbocycles. The van der Waals surface area contributed by atoms with Crippen LogP contribution in [0.3, 0.4) is 0 Å². The number of halogens is 1. The van der Waals surface area contributed by atoms with E-state index in [1.54, 1.807) is 0 Å². The highest BCUT2D eigenvalue weighted by atomic mass is 79.9. The summed E-state index contributed by atoms with van der Waals surface area (Å²) in [5.74, 6) is 1.21. The molecule has 1 rings (SSSR count). The predicted molar refractivity (Wildman–Crippen MR) is 55.2 cm³/mol. The largest absolute Gasteiger partial charge is 0.126 e. The molecule has 0 bridgehead atoms. The van der Waals surface area contributed by atoms with E-state index in [0.29, 0.717) is 0 Å². The molecule has 0 amide bonds. The highest BCUT2D eigenvalue weighted by Gasteiger charge is 1.91. The summed E-state index contributed by atoms with van der Waals surface area (Å²) in [7, 11) is 0. The standard InChI is InChI=1S/C9H11BrS/c1-2-7-11-9-5-3-8(10)4-6-9/h3-6H,2,7H2,1H3. The number of benzene rings is 1. The van der Waals surface area contributed by atoms with Crippen LogP contribution in [0, 0.1) is 0 Å². The quantitative estimate of drug-likeness (QED) is 0.709. The number of hydrogen-bond donors (Lipinski definition) is 0. The maximum atomic E-state index is 3.40. The summed E-state index contributed by atoms with van der Waals surface area (Å²) >= 11 is 5.31. The molecule has 0 aliphatic carbocycles. The fraction of sp³-hybridized carbons (Fsp3) is 0.333. The Morgan fingerprint density at radius 3 is 2.45 bits per heavy atom. The van der Waals surface area contributed by atoms with Crippen LogP contribution in [0.2, 0.25) is 0 Å². The van der Waals surface area contributed by atoms with Gasteiger partial charge in [-0.15, -0.1) is 11.8 Å². The number of hydrogen-bond acceptors (Lipinski definition) is 1. The molecular weight excluding hydrogens is 220 g/mol. The van der Waals surface area contributed by atoms with Crippen LogP contribution in [0.4, 0.5) is 0 Å². The van der Waals surface area contributed by atoms with Crippen molar-refractivity contribution >= 4 is 27.7 Å². The molecule has 11 heavy (non-hydrogen) atoms. The molecule has 0 aromatic heterocycles. The van der Waals surface area contributed by atoms with Gasteiger partial charge in [-0.3, -0.25) is 0 Å². The first-order chi connectivity index (χ1) is 5.33. The molecule has 0 saturated heterocycles. The van der Waals surface area contributed by atoms with Gasteiger partial charge in [-0.05, 0) is 36.4 Å². The summed E-state index contributed by atoms with van der Waals surface area (Å²) in [5.41, 5.74) is 0. The summed E-state index contributed by atoms with van der Waals surface area (Å²) in [5, 5.41) is 0. The monoisotopic (exact) mass is 230 g/mol. The van der Waals surface area contributed by atoms with Crippen molar-refractivity contribution in [2.24, 2.45) is 0 Å². The third kappa shape index (κ3) is 3.30. The van der Waals surface area contributed by atoms with E-state index in [1.807, 2.05) is 11.8 Å². The minimum atomic E-state index is 1.15. The molecule has 0 aliphatic heterocycles. The van der Waals surface area contributed by atoms with Crippen molar-refractivity contribution in [1.82, 2.24) is 0 Å². The Labute approximate surface area is 80.5 Å². The summed E-state index contributed by atoms with van der Waals surface area (Å²) < 4.78 is 1.15. The average Bonchev–Trinajstić information content (AvgIpc) is 2.04. The van der Waals surface area contributed by atoms with E-state index < -0.39 is 0 Å². The van der Waals surface area contributed by atoms with E-state index in [2.05, 4.69) is 47.1 Å². The topological polar surface area (TPSA) is 0 Å². The van der Waals surface area contributed by atoms with Crippen LogP contribution < -0.4 is 0 Å². The van der Waals surface area contributed by atoms with Gasteiger partial charge in [-0.25, -0.2) is 0 Å². The highest BCUT2D eigenvalue weighted by molar-refractivity contribution is 9.10. The summed E-state index contributed by atoms with van der Waals surface area (Å²) in [4.78, 5) is 1.36. The Morgan fingerprint density at radius 2 is 1.91 bits per heavy atom. The smallest absolute Gasteiger partial charge is 0.0176 e. The first kappa shape index (κ1) is 9.14. The second-order valence-electron chi connectivity index (χ2n) is 2.30. The Hall–Kier alpha value is 0.0500. The maximum Gasteiger partial charge on any atom is 0.0176 e. The van der Waals surface area contributed by atoms with E-state index in [4.69, 9.17) is 0 Å². The molecule has 2 heteroatoms. The van der Waals surface area contributed by atoms with Crippen LogP contribution in [0.25, 0.3) is 0 Å². The average molecular weight is 231 g/mol. The number of thioether (sulfide) groups is 1. The lowest BCUT2D eigenvalue weighted by Crippen LogP contribution is -1.74. The van der Waals surface area contributed by atoms with Gasteiger partial charge in [-0.2, -0.15) is 0 Å². The molecule has 0 spiro atoms. The van der Waals surface area contributed by atoms with E-state index in [-0.39, 0.29) is 0 Å². The van der Waals surface area contributed by atoms with Crippen LogP contribution in [-0.4, -0.2) is 5.75 Å². The van der Waals surface area contributed by atoms with Crippen molar-refractivity contribution in [2.45, 2.75) is 18.2 Å². The van der Waals surface area contributed by atoms with E-state index in [9.17, 15) is 0 Å². The van der Waals surface area contributed by atoms with Crippen LogP contribution in [-0.2, 0) is 0 Å². The van der Waals surface area contributed by atoms with E-state index in [0.717, 1.165) is 4.47 Å². The zero-order valence-corrected chi connectivity index (χ0v) is 8.91. The van der Waals surface area contributed by atoms with Gasteiger partial charge < -0.3 is 0 Å². The van der Waals surface area contributed by atoms with Crippen LogP contribution in [0.5, 0.6) is 0 Å². The van der Waals surface area contributed by atoms with Gasteiger partial charge in [-0.1, -0.05) is 22.9 Å². The number of rotatable bonds is 3. The molecular formula is C9H11BrS. The molecule has 0 atom stereocenters. The minimum absolute atomic E-state index is 1.15. The fourth-order valence-corrected chi connectivity index (χ4v) is 1.78. The Balaban J connectivity index is 2.52. The van der Waals surface area contributed by atoms with Gasteiger partial charge in [0.15, 0.2) is 0 Å². The fourth-order valence-electron chi connectivity index (χ4n) is 0.751. The van der Waals surface area contributed by atoms with Crippen LogP contribution >= 0.6 is 27.7 Å². The molecule has 0 fully saturated rings. The molecule has 1 aromatic rings. The molecule has 0 nitrogen and oxygen atoms in total. The van der Waals surface area contributed by atoms with Crippen LogP contribution in [0.1, 0.15) is 13.3 Å². The minimum Gasteiger partial charge on any atom is -0.126 e. The van der Waals surface area contributed by atoms with Gasteiger partial charge >= 0.3 is 0 Å². The Morgan fingerprint density at radius 1 is 1.27 bits per heavy atom. The first-order valence-electron chi connectivity index (χ1n) is 3.71. The van der Waals surface area contributed by atoms with E-state index >= 15 is 0 Å². The third-order valence-electron chi connectivity index (χ3n) is 1.29. The summed E-state index contributed by atoms with van der Waals surface area (Å²) in [6, 6.07) is 8.45.